The number of aromatic nitrogens is 2. The molecule has 0 aliphatic carbocycles. The number of rotatable bonds is 2. The number of nitrogens with one attached hydrogen (secondary N) is 1. The van der Waals surface area contributed by atoms with Crippen LogP contribution in [0.5, 0.6) is 0 Å². The second kappa shape index (κ2) is 4.25. The molecule has 1 aliphatic heterocycles. The van der Waals surface area contributed by atoms with E-state index in [0.29, 0.717) is 6.29 Å². The number of aromatic amines is 1. The Balaban J connectivity index is 2.38. The van der Waals surface area contributed by atoms with Crippen molar-refractivity contribution in [2.75, 3.05) is 0 Å². The lowest BCUT2D eigenvalue weighted by Crippen LogP contribution is -2.34. The van der Waals surface area contributed by atoms with Gasteiger partial charge in [-0.2, -0.15) is 0 Å². The van der Waals surface area contributed by atoms with Gasteiger partial charge in [-0.15, -0.1) is 0 Å². The van der Waals surface area contributed by atoms with Crippen LogP contribution < -0.4 is 11.2 Å². The van der Waals surface area contributed by atoms with Crippen LogP contribution >= 0.6 is 0 Å². The summed E-state index contributed by atoms with van der Waals surface area (Å²) >= 11 is 0. The number of hydrogen-bond acceptors (Lipinski definition) is 4. The molecule has 0 spiro atoms. The monoisotopic (exact) mass is 242 g/mol. The minimum Gasteiger partial charge on any atom is -0.344 e. The summed E-state index contributed by atoms with van der Waals surface area (Å²) in [6.45, 7) is 1.53. The van der Waals surface area contributed by atoms with Gasteiger partial charge in [0.2, 0.25) is 0 Å². The fourth-order valence-electron chi connectivity index (χ4n) is 1.80. The molecule has 1 unspecified atom stereocenters. The number of halogens is 1. The van der Waals surface area contributed by atoms with Crippen LogP contribution in [0.4, 0.5) is 4.39 Å². The lowest BCUT2D eigenvalue weighted by Gasteiger charge is -2.15. The van der Waals surface area contributed by atoms with Gasteiger partial charge in [-0.3, -0.25) is 14.3 Å². The average Bonchev–Trinajstić information content (AvgIpc) is 2.57. The van der Waals surface area contributed by atoms with Crippen molar-refractivity contribution >= 4 is 6.29 Å². The average molecular weight is 242 g/mol. The Kier molecular flexibility index (Phi) is 2.93. The van der Waals surface area contributed by atoms with Gasteiger partial charge in [0, 0.05) is 18.2 Å². The number of aldehydes is 1. The van der Waals surface area contributed by atoms with Crippen LogP contribution in [0.15, 0.2) is 21.9 Å². The summed E-state index contributed by atoms with van der Waals surface area (Å²) in [6.07, 6.45) is -1.88. The zero-order valence-corrected chi connectivity index (χ0v) is 9.00. The van der Waals surface area contributed by atoms with Gasteiger partial charge in [-0.1, -0.05) is 6.92 Å². The van der Waals surface area contributed by atoms with Crippen molar-refractivity contribution in [1.82, 2.24) is 9.55 Å². The Morgan fingerprint density at radius 3 is 2.76 bits per heavy atom. The molecule has 0 radical (unpaired) electrons. The predicted octanol–water partition coefficient (Wildman–Crippen LogP) is -0.393. The van der Waals surface area contributed by atoms with Crippen molar-refractivity contribution in [2.24, 2.45) is 5.92 Å². The zero-order chi connectivity index (χ0) is 12.6. The van der Waals surface area contributed by atoms with E-state index >= 15 is 0 Å². The van der Waals surface area contributed by atoms with Crippen molar-refractivity contribution in [3.05, 3.63) is 33.1 Å². The molecule has 1 aromatic heterocycles. The summed E-state index contributed by atoms with van der Waals surface area (Å²) in [5.41, 5.74) is -1.33. The topological polar surface area (TPSA) is 81.2 Å². The molecule has 0 saturated carbocycles. The molecule has 92 valence electrons. The molecule has 4 atom stereocenters. The summed E-state index contributed by atoms with van der Waals surface area (Å²) in [4.78, 5) is 35.0. The van der Waals surface area contributed by atoms with Crippen molar-refractivity contribution < 1.29 is 13.9 Å². The molecule has 2 rings (SSSR count). The van der Waals surface area contributed by atoms with E-state index in [1.165, 1.54) is 6.92 Å². The van der Waals surface area contributed by atoms with Gasteiger partial charge >= 0.3 is 5.69 Å². The summed E-state index contributed by atoms with van der Waals surface area (Å²) in [6, 6.07) is 1.09. The largest absolute Gasteiger partial charge is 0.344 e. The molecule has 1 aromatic rings. The van der Waals surface area contributed by atoms with Crippen LogP contribution in [-0.2, 0) is 9.53 Å². The number of hydrogen-bond donors (Lipinski definition) is 1. The summed E-state index contributed by atoms with van der Waals surface area (Å²) < 4.78 is 19.9. The minimum atomic E-state index is -1.48. The van der Waals surface area contributed by atoms with Crippen LogP contribution in [0.3, 0.4) is 0 Å². The molecule has 0 aromatic carbocycles. The summed E-state index contributed by atoms with van der Waals surface area (Å²) in [5, 5.41) is 0. The van der Waals surface area contributed by atoms with E-state index in [2.05, 4.69) is 0 Å². The van der Waals surface area contributed by atoms with E-state index in [9.17, 15) is 18.8 Å². The third-order valence-electron chi connectivity index (χ3n) is 2.85. The maximum Gasteiger partial charge on any atom is 0.330 e. The van der Waals surface area contributed by atoms with Gasteiger partial charge in [0.25, 0.3) is 5.56 Å². The van der Waals surface area contributed by atoms with E-state index in [0.717, 1.165) is 16.8 Å². The van der Waals surface area contributed by atoms with E-state index in [-0.39, 0.29) is 0 Å². The van der Waals surface area contributed by atoms with E-state index in [4.69, 9.17) is 4.74 Å². The fraction of sp³-hybridized carbons (Fsp3) is 0.500. The van der Waals surface area contributed by atoms with Gasteiger partial charge in [-0.25, -0.2) is 9.18 Å². The highest BCUT2D eigenvalue weighted by atomic mass is 19.1. The first kappa shape index (κ1) is 11.7. The molecule has 17 heavy (non-hydrogen) atoms. The molecule has 1 aliphatic rings. The first-order chi connectivity index (χ1) is 8.04. The minimum absolute atomic E-state index is 0.508. The maximum absolute atomic E-state index is 13.8. The van der Waals surface area contributed by atoms with Crippen molar-refractivity contribution in [1.29, 1.82) is 0 Å². The predicted molar refractivity (Wildman–Crippen MR) is 55.4 cm³/mol. The number of nitrogens with zero attached hydrogens (tertiary/aromatic N) is 1. The second-order valence-corrected chi connectivity index (χ2v) is 3.95. The molecule has 0 bridgehead atoms. The van der Waals surface area contributed by atoms with Crippen molar-refractivity contribution in [2.45, 2.75) is 25.4 Å². The quantitative estimate of drug-likeness (QED) is 0.716. The van der Waals surface area contributed by atoms with Gasteiger partial charge in [0.15, 0.2) is 12.4 Å². The van der Waals surface area contributed by atoms with Gasteiger partial charge in [-0.05, 0) is 0 Å². The molecule has 2 heterocycles. The molecule has 0 amide bonds. The smallest absolute Gasteiger partial charge is 0.330 e. The van der Waals surface area contributed by atoms with Crippen LogP contribution in [0.2, 0.25) is 0 Å². The number of H-pyrrole nitrogens is 1. The lowest BCUT2D eigenvalue weighted by molar-refractivity contribution is -0.121. The highest BCUT2D eigenvalue weighted by molar-refractivity contribution is 5.57. The molecule has 1 N–H and O–H groups in total. The SMILES string of the molecule is CC1[C@@H](C=O)O[C@@H](n2ccc(=O)[nH]c2=O)[C@H]1F. The second-order valence-electron chi connectivity index (χ2n) is 3.95. The normalized spacial score (nSPS) is 32.6. The molecule has 1 fully saturated rings. The van der Waals surface area contributed by atoms with E-state index < -0.39 is 35.7 Å². The van der Waals surface area contributed by atoms with Crippen molar-refractivity contribution in [3.63, 3.8) is 0 Å². The lowest BCUT2D eigenvalue weighted by atomic mass is 10.0. The first-order valence-electron chi connectivity index (χ1n) is 5.11. The Bertz CT molecular complexity index is 538. The number of carbonyl (C=O) groups excluding carboxylic acids is 1. The van der Waals surface area contributed by atoms with Crippen LogP contribution in [0.25, 0.3) is 0 Å². The zero-order valence-electron chi connectivity index (χ0n) is 9.00. The van der Waals surface area contributed by atoms with E-state index in [1.54, 1.807) is 0 Å². The van der Waals surface area contributed by atoms with Crippen LogP contribution in [0.1, 0.15) is 13.2 Å². The Hall–Kier alpha value is -1.76. The molecule has 1 saturated heterocycles. The third kappa shape index (κ3) is 1.93. The standard InChI is InChI=1S/C10H11FN2O4/c1-5-6(4-14)17-9(8(5)11)13-3-2-7(15)12-10(13)16/h2-6,8-9H,1H3,(H,12,15,16)/t5?,6-,8+,9-/m1/s1. The highest BCUT2D eigenvalue weighted by Crippen LogP contribution is 2.34. The number of alkyl halides is 1. The molecular formula is C10H11FN2O4. The first-order valence-corrected chi connectivity index (χ1v) is 5.11. The molecule has 6 nitrogen and oxygen atoms in total. The number of carbonyl (C=O) groups is 1. The van der Waals surface area contributed by atoms with E-state index in [1.807, 2.05) is 4.98 Å². The molecular weight excluding hydrogens is 231 g/mol. The van der Waals surface area contributed by atoms with Gasteiger partial charge < -0.3 is 9.53 Å². The molecule has 7 heteroatoms. The van der Waals surface area contributed by atoms with Gasteiger partial charge in [0.05, 0.1) is 0 Å². The van der Waals surface area contributed by atoms with Crippen LogP contribution in [0, 0.1) is 5.92 Å². The summed E-state index contributed by atoms with van der Waals surface area (Å²) in [5.74, 6) is -0.628. The fourth-order valence-corrected chi connectivity index (χ4v) is 1.80. The Morgan fingerprint density at radius 1 is 1.53 bits per heavy atom. The Labute approximate surface area is 95.0 Å². The number of ether oxygens (including phenoxy) is 1. The van der Waals surface area contributed by atoms with Crippen molar-refractivity contribution in [3.8, 4) is 0 Å². The van der Waals surface area contributed by atoms with Crippen LogP contribution in [-0.4, -0.2) is 28.1 Å². The highest BCUT2D eigenvalue weighted by Gasteiger charge is 2.43. The maximum atomic E-state index is 13.8. The summed E-state index contributed by atoms with van der Waals surface area (Å²) in [7, 11) is 0. The third-order valence-corrected chi connectivity index (χ3v) is 2.85. The van der Waals surface area contributed by atoms with Gasteiger partial charge in [0.1, 0.15) is 12.4 Å². The Morgan fingerprint density at radius 2 is 2.24 bits per heavy atom.